The third kappa shape index (κ3) is 2.53. The van der Waals surface area contributed by atoms with Crippen LogP contribution in [0.25, 0.3) is 21.6 Å². The first-order chi connectivity index (χ1) is 11.3. The second kappa shape index (κ2) is 5.54. The highest BCUT2D eigenvalue weighted by Gasteiger charge is 2.18. The number of amides is 1. The zero-order chi connectivity index (χ0) is 15.6. The van der Waals surface area contributed by atoms with Crippen LogP contribution in [0.1, 0.15) is 10.6 Å². The van der Waals surface area contributed by atoms with E-state index in [0.717, 1.165) is 0 Å². The molecule has 0 radical (unpaired) electrons. The van der Waals surface area contributed by atoms with Crippen LogP contribution in [0.2, 0.25) is 0 Å². The van der Waals surface area contributed by atoms with E-state index in [1.54, 1.807) is 30.7 Å². The molecule has 0 fully saturated rings. The maximum atomic E-state index is 12.3. The zero-order valence-corrected chi connectivity index (χ0v) is 12.3. The molecule has 0 saturated heterocycles. The van der Waals surface area contributed by atoms with Gasteiger partial charge in [0.1, 0.15) is 11.2 Å². The number of rotatable bonds is 3. The van der Waals surface area contributed by atoms with Crippen molar-refractivity contribution in [1.82, 2.24) is 25.3 Å². The summed E-state index contributed by atoms with van der Waals surface area (Å²) >= 11 is 1.20. The van der Waals surface area contributed by atoms with Crippen LogP contribution in [0.15, 0.2) is 47.4 Å². The normalized spacial score (nSPS) is 10.8. The number of benzene rings is 1. The minimum atomic E-state index is -0.430. The number of fused-ring (bicyclic) bond motifs is 1. The minimum Gasteiger partial charge on any atom is -0.350 e. The van der Waals surface area contributed by atoms with Crippen LogP contribution >= 0.6 is 11.3 Å². The molecule has 4 rings (SSSR count). The average Bonchev–Trinajstić information content (AvgIpc) is 3.22. The highest BCUT2D eigenvalue weighted by atomic mass is 32.1. The van der Waals surface area contributed by atoms with Gasteiger partial charge in [-0.05, 0) is 12.1 Å². The van der Waals surface area contributed by atoms with Gasteiger partial charge in [0, 0.05) is 12.4 Å². The summed E-state index contributed by atoms with van der Waals surface area (Å²) in [7, 11) is 0. The van der Waals surface area contributed by atoms with Gasteiger partial charge in [-0.25, -0.2) is 0 Å². The first kappa shape index (κ1) is 13.5. The topological polar surface area (TPSA) is 107 Å². The largest absolute Gasteiger partial charge is 0.350 e. The molecule has 112 valence electrons. The van der Waals surface area contributed by atoms with Crippen molar-refractivity contribution >= 4 is 33.3 Å². The fourth-order valence-corrected chi connectivity index (χ4v) is 2.69. The molecule has 0 spiro atoms. The van der Waals surface area contributed by atoms with Crippen LogP contribution in [-0.4, -0.2) is 31.2 Å². The number of nitrogens with zero attached hydrogens (tertiary/aromatic N) is 5. The average molecular weight is 324 g/mol. The quantitative estimate of drug-likeness (QED) is 0.616. The maximum Gasteiger partial charge on any atom is 0.296 e. The lowest BCUT2D eigenvalue weighted by atomic mass is 10.2. The Balaban J connectivity index is 1.59. The van der Waals surface area contributed by atoms with E-state index < -0.39 is 5.91 Å². The van der Waals surface area contributed by atoms with Gasteiger partial charge in [-0.2, -0.15) is 0 Å². The summed E-state index contributed by atoms with van der Waals surface area (Å²) in [6, 6.07) is 7.18. The predicted molar refractivity (Wildman–Crippen MR) is 82.9 cm³/mol. The van der Waals surface area contributed by atoms with Gasteiger partial charge in [-0.15, -0.1) is 10.2 Å². The van der Waals surface area contributed by atoms with Crippen molar-refractivity contribution in [3.63, 3.8) is 0 Å². The monoisotopic (exact) mass is 324 g/mol. The summed E-state index contributed by atoms with van der Waals surface area (Å²) in [5, 5.41) is 16.0. The second-order valence-corrected chi connectivity index (χ2v) is 5.46. The Hall–Kier alpha value is -3.20. The smallest absolute Gasteiger partial charge is 0.296 e. The standard InChI is InChI=1S/C14H8N6O2S/c21-12(11-8-3-1-2-4-9(8)20-22-11)17-14-19-18-13(23-14)10-7-15-5-6-16-10/h1-7H,(H,17,19,21). The Bertz CT molecular complexity index is 981. The molecule has 9 heteroatoms. The van der Waals surface area contributed by atoms with E-state index in [0.29, 0.717) is 26.7 Å². The summed E-state index contributed by atoms with van der Waals surface area (Å²) in [6.45, 7) is 0. The number of aromatic nitrogens is 5. The SMILES string of the molecule is O=C(Nc1nnc(-c2cnccn2)s1)c1onc2ccccc12. The number of hydrogen-bond acceptors (Lipinski definition) is 8. The molecule has 0 saturated carbocycles. The number of anilines is 1. The van der Waals surface area contributed by atoms with Crippen molar-refractivity contribution in [3.05, 3.63) is 48.6 Å². The Labute approximate surface area is 133 Å². The van der Waals surface area contributed by atoms with Crippen molar-refractivity contribution in [2.24, 2.45) is 0 Å². The molecule has 3 heterocycles. The second-order valence-electron chi connectivity index (χ2n) is 4.49. The minimum absolute atomic E-state index is 0.136. The van der Waals surface area contributed by atoms with Crippen LogP contribution in [-0.2, 0) is 0 Å². The third-order valence-electron chi connectivity index (χ3n) is 3.02. The van der Waals surface area contributed by atoms with Gasteiger partial charge >= 0.3 is 0 Å². The number of carbonyl (C=O) groups is 1. The molecule has 0 aliphatic rings. The molecule has 4 aromatic rings. The van der Waals surface area contributed by atoms with Gasteiger partial charge in [0.15, 0.2) is 5.01 Å². The Morgan fingerprint density at radius 1 is 1.17 bits per heavy atom. The number of hydrogen-bond donors (Lipinski definition) is 1. The van der Waals surface area contributed by atoms with E-state index in [1.807, 2.05) is 12.1 Å². The molecular weight excluding hydrogens is 316 g/mol. The summed E-state index contributed by atoms with van der Waals surface area (Å²) < 4.78 is 5.11. The van der Waals surface area contributed by atoms with Crippen molar-refractivity contribution in [2.75, 3.05) is 5.32 Å². The molecule has 3 aromatic heterocycles. The molecule has 0 aliphatic heterocycles. The van der Waals surface area contributed by atoms with E-state index in [9.17, 15) is 4.79 Å². The molecule has 1 N–H and O–H groups in total. The van der Waals surface area contributed by atoms with E-state index in [2.05, 4.69) is 30.6 Å². The maximum absolute atomic E-state index is 12.3. The molecule has 0 aliphatic carbocycles. The van der Waals surface area contributed by atoms with Gasteiger partial charge in [0.2, 0.25) is 10.9 Å². The van der Waals surface area contributed by atoms with Gasteiger partial charge in [0.25, 0.3) is 5.91 Å². The first-order valence-corrected chi connectivity index (χ1v) is 7.38. The van der Waals surface area contributed by atoms with E-state index >= 15 is 0 Å². The molecule has 1 amide bonds. The number of carbonyl (C=O) groups excluding carboxylic acids is 1. The summed E-state index contributed by atoms with van der Waals surface area (Å²) in [5.41, 5.74) is 1.21. The van der Waals surface area contributed by atoms with E-state index in [-0.39, 0.29) is 5.76 Å². The van der Waals surface area contributed by atoms with Crippen molar-refractivity contribution in [1.29, 1.82) is 0 Å². The first-order valence-electron chi connectivity index (χ1n) is 6.57. The van der Waals surface area contributed by atoms with E-state index in [1.165, 1.54) is 11.3 Å². The molecule has 8 nitrogen and oxygen atoms in total. The van der Waals surface area contributed by atoms with Gasteiger partial charge in [-0.3, -0.25) is 20.1 Å². The Morgan fingerprint density at radius 3 is 2.96 bits per heavy atom. The fraction of sp³-hybridized carbons (Fsp3) is 0. The zero-order valence-electron chi connectivity index (χ0n) is 11.5. The van der Waals surface area contributed by atoms with Crippen molar-refractivity contribution in [3.8, 4) is 10.7 Å². The van der Waals surface area contributed by atoms with Crippen LogP contribution < -0.4 is 5.32 Å². The van der Waals surface area contributed by atoms with Gasteiger partial charge < -0.3 is 4.52 Å². The summed E-state index contributed by atoms with van der Waals surface area (Å²) in [5.74, 6) is -0.294. The third-order valence-corrected chi connectivity index (χ3v) is 3.88. The lowest BCUT2D eigenvalue weighted by Crippen LogP contribution is -2.11. The van der Waals surface area contributed by atoms with Crippen LogP contribution in [0.5, 0.6) is 0 Å². The van der Waals surface area contributed by atoms with Crippen molar-refractivity contribution < 1.29 is 9.32 Å². The predicted octanol–water partition coefficient (Wildman–Crippen LogP) is 2.39. The van der Waals surface area contributed by atoms with E-state index in [4.69, 9.17) is 4.52 Å². The molecule has 0 unspecified atom stereocenters. The molecule has 0 atom stereocenters. The molecule has 23 heavy (non-hydrogen) atoms. The Kier molecular flexibility index (Phi) is 3.24. The highest BCUT2D eigenvalue weighted by Crippen LogP contribution is 2.25. The Morgan fingerprint density at radius 2 is 2.09 bits per heavy atom. The summed E-state index contributed by atoms with van der Waals surface area (Å²) in [4.78, 5) is 20.4. The van der Waals surface area contributed by atoms with Crippen LogP contribution in [0.4, 0.5) is 5.13 Å². The van der Waals surface area contributed by atoms with Gasteiger partial charge in [0.05, 0.1) is 11.6 Å². The van der Waals surface area contributed by atoms with Crippen molar-refractivity contribution in [2.45, 2.75) is 0 Å². The van der Waals surface area contributed by atoms with Gasteiger partial charge in [-0.1, -0.05) is 28.6 Å². The lowest BCUT2D eigenvalue weighted by molar-refractivity contribution is 0.0990. The molecular formula is C14H8N6O2S. The lowest BCUT2D eigenvalue weighted by Gasteiger charge is -1.96. The van der Waals surface area contributed by atoms with Crippen LogP contribution in [0, 0.1) is 0 Å². The molecule has 1 aromatic carbocycles. The highest BCUT2D eigenvalue weighted by molar-refractivity contribution is 7.18. The molecule has 0 bridgehead atoms. The summed E-state index contributed by atoms with van der Waals surface area (Å²) in [6.07, 6.45) is 4.72. The van der Waals surface area contributed by atoms with Crippen LogP contribution in [0.3, 0.4) is 0 Å². The number of nitrogens with one attached hydrogen (secondary N) is 1. The fourth-order valence-electron chi connectivity index (χ4n) is 1.99.